The Labute approximate surface area is 164 Å². The van der Waals surface area contributed by atoms with Crippen molar-refractivity contribution in [3.05, 3.63) is 49.6 Å². The molecule has 0 aliphatic rings. The van der Waals surface area contributed by atoms with Crippen LogP contribution in [0.3, 0.4) is 0 Å². The Morgan fingerprint density at radius 1 is 0.679 bits per heavy atom. The molecule has 0 fully saturated rings. The Morgan fingerprint density at radius 2 is 0.821 bits per heavy atom. The Kier molecular flexibility index (Phi) is 36.5. The van der Waals surface area contributed by atoms with Crippen LogP contribution in [0.2, 0.25) is 0 Å². The summed E-state index contributed by atoms with van der Waals surface area (Å²) in [6, 6.07) is 0. The van der Waals surface area contributed by atoms with Gasteiger partial charge in [0.15, 0.2) is 0 Å². The summed E-state index contributed by atoms with van der Waals surface area (Å²) >= 11 is 0. The smallest absolute Gasteiger partial charge is 0.330 e. The highest BCUT2D eigenvalue weighted by atomic mass is 16.4. The number of carboxylic acids is 4. The lowest BCUT2D eigenvalue weighted by molar-refractivity contribution is -0.133. The summed E-state index contributed by atoms with van der Waals surface area (Å²) in [7, 11) is 0. The standard InChI is InChI=1S/2C4H6O2.C4H10O2.2C3H4O2/c2*1-3(2)4(5)6;5-3-1-2-4-6;2*1-2-3(4)5/h2*1H2,2H3,(H,5,6);5-6H,1-4H2;2*2H,1H2,(H,4,5). The van der Waals surface area contributed by atoms with Gasteiger partial charge in [0.05, 0.1) is 0 Å². The van der Waals surface area contributed by atoms with Gasteiger partial charge >= 0.3 is 23.9 Å². The van der Waals surface area contributed by atoms with Crippen molar-refractivity contribution >= 4 is 23.9 Å². The summed E-state index contributed by atoms with van der Waals surface area (Å²) < 4.78 is 0. The van der Waals surface area contributed by atoms with Crippen molar-refractivity contribution < 1.29 is 49.8 Å². The Balaban J connectivity index is -0.0000000789. The molecule has 162 valence electrons. The number of hydrogen-bond acceptors (Lipinski definition) is 6. The van der Waals surface area contributed by atoms with E-state index in [1.807, 2.05) is 0 Å². The SMILES string of the molecule is C=C(C)C(=O)O.C=C(C)C(=O)O.C=CC(=O)O.C=CC(=O)O.OCCCCO. The van der Waals surface area contributed by atoms with Crippen LogP contribution in [-0.2, 0) is 19.2 Å². The number of aliphatic hydroxyl groups excluding tert-OH is 2. The van der Waals surface area contributed by atoms with E-state index < -0.39 is 23.9 Å². The number of hydrogen-bond donors (Lipinski definition) is 6. The molecule has 0 aliphatic carbocycles. The predicted octanol–water partition coefficient (Wildman–Crippen LogP) is 1.56. The quantitative estimate of drug-likeness (QED) is 0.267. The molecule has 0 rings (SSSR count). The topological polar surface area (TPSA) is 190 Å². The van der Waals surface area contributed by atoms with E-state index in [1.165, 1.54) is 13.8 Å². The second-order valence-corrected chi connectivity index (χ2v) is 4.41. The van der Waals surface area contributed by atoms with E-state index in [9.17, 15) is 19.2 Å². The van der Waals surface area contributed by atoms with E-state index in [2.05, 4.69) is 26.3 Å². The van der Waals surface area contributed by atoms with Gasteiger partial charge in [-0.05, 0) is 26.7 Å². The molecular formula is C18H30O10. The molecule has 0 aromatic heterocycles. The number of aliphatic carboxylic acids is 4. The van der Waals surface area contributed by atoms with E-state index in [4.69, 9.17) is 30.6 Å². The second-order valence-electron chi connectivity index (χ2n) is 4.41. The van der Waals surface area contributed by atoms with Gasteiger partial charge in [0, 0.05) is 36.5 Å². The molecule has 0 amide bonds. The van der Waals surface area contributed by atoms with Crippen LogP contribution in [0, 0.1) is 0 Å². The van der Waals surface area contributed by atoms with Crippen LogP contribution < -0.4 is 0 Å². The van der Waals surface area contributed by atoms with Crippen molar-refractivity contribution in [1.82, 2.24) is 0 Å². The van der Waals surface area contributed by atoms with E-state index >= 15 is 0 Å². The Morgan fingerprint density at radius 3 is 0.857 bits per heavy atom. The number of carboxylic acid groups (broad SMARTS) is 4. The van der Waals surface area contributed by atoms with Gasteiger partial charge in [-0.3, -0.25) is 0 Å². The summed E-state index contributed by atoms with van der Waals surface area (Å²) in [5, 5.41) is 47.2. The minimum Gasteiger partial charge on any atom is -0.478 e. The van der Waals surface area contributed by atoms with Crippen LogP contribution in [0.1, 0.15) is 26.7 Å². The molecule has 0 aromatic rings. The fourth-order valence-corrected chi connectivity index (χ4v) is 0.224. The summed E-state index contributed by atoms with van der Waals surface area (Å²) in [4.78, 5) is 37.7. The fraction of sp³-hybridized carbons (Fsp3) is 0.333. The lowest BCUT2D eigenvalue weighted by atomic mass is 10.3. The molecule has 0 saturated carbocycles. The summed E-state index contributed by atoms with van der Waals surface area (Å²) in [6.07, 6.45) is 3.10. The fourth-order valence-electron chi connectivity index (χ4n) is 0.224. The van der Waals surface area contributed by atoms with Crippen LogP contribution in [0.15, 0.2) is 49.6 Å². The minimum absolute atomic E-state index is 0.176. The molecule has 0 radical (unpaired) electrons. The first kappa shape index (κ1) is 35.8. The van der Waals surface area contributed by atoms with E-state index in [-0.39, 0.29) is 24.4 Å². The second kappa shape index (κ2) is 28.6. The van der Waals surface area contributed by atoms with Crippen molar-refractivity contribution in [3.8, 4) is 0 Å². The average Bonchev–Trinajstić information content (AvgIpc) is 2.61. The van der Waals surface area contributed by atoms with Gasteiger partial charge in [-0.25, -0.2) is 19.2 Å². The van der Waals surface area contributed by atoms with Gasteiger partial charge < -0.3 is 30.6 Å². The van der Waals surface area contributed by atoms with Gasteiger partial charge in [0.2, 0.25) is 0 Å². The Hall–Kier alpha value is -3.24. The summed E-state index contributed by atoms with van der Waals surface area (Å²) in [5.74, 6) is -3.83. The van der Waals surface area contributed by atoms with Crippen molar-refractivity contribution in [2.45, 2.75) is 26.7 Å². The number of rotatable bonds is 7. The van der Waals surface area contributed by atoms with Crippen LogP contribution >= 0.6 is 0 Å². The molecule has 0 bridgehead atoms. The van der Waals surface area contributed by atoms with Gasteiger partial charge in [-0.15, -0.1) is 0 Å². The lowest BCUT2D eigenvalue weighted by Crippen LogP contribution is -1.92. The molecule has 0 heterocycles. The highest BCUT2D eigenvalue weighted by Crippen LogP contribution is 1.81. The number of carbonyl (C=O) groups is 4. The highest BCUT2D eigenvalue weighted by molar-refractivity contribution is 5.85. The molecule has 0 aromatic carbocycles. The molecule has 28 heavy (non-hydrogen) atoms. The maximum atomic E-state index is 9.60. The minimum atomic E-state index is -0.981. The number of unbranched alkanes of at least 4 members (excludes halogenated alkanes) is 1. The van der Waals surface area contributed by atoms with Crippen molar-refractivity contribution in [3.63, 3.8) is 0 Å². The zero-order valence-corrected chi connectivity index (χ0v) is 16.1. The van der Waals surface area contributed by atoms with Gasteiger partial charge in [0.25, 0.3) is 0 Å². The molecule has 10 heteroatoms. The maximum Gasteiger partial charge on any atom is 0.330 e. The van der Waals surface area contributed by atoms with Crippen molar-refractivity contribution in [1.29, 1.82) is 0 Å². The highest BCUT2D eigenvalue weighted by Gasteiger charge is 1.90. The van der Waals surface area contributed by atoms with Crippen molar-refractivity contribution in [2.24, 2.45) is 0 Å². The molecule has 0 spiro atoms. The van der Waals surface area contributed by atoms with Crippen LogP contribution in [-0.4, -0.2) is 67.7 Å². The van der Waals surface area contributed by atoms with Crippen LogP contribution in [0.4, 0.5) is 0 Å². The predicted molar refractivity (Wildman–Crippen MR) is 104 cm³/mol. The van der Waals surface area contributed by atoms with Crippen molar-refractivity contribution in [2.75, 3.05) is 13.2 Å². The largest absolute Gasteiger partial charge is 0.478 e. The van der Waals surface area contributed by atoms with Gasteiger partial charge in [0.1, 0.15) is 0 Å². The van der Waals surface area contributed by atoms with Gasteiger partial charge in [-0.2, -0.15) is 0 Å². The van der Waals surface area contributed by atoms with Crippen LogP contribution in [0.5, 0.6) is 0 Å². The first-order chi connectivity index (χ1) is 12.7. The summed E-state index contributed by atoms with van der Waals surface area (Å²) in [6.45, 7) is 15.5. The third kappa shape index (κ3) is 77.9. The normalized spacial score (nSPS) is 7.43. The molecule has 0 saturated heterocycles. The van der Waals surface area contributed by atoms with E-state index in [0.717, 1.165) is 25.0 Å². The average molecular weight is 406 g/mol. The van der Waals surface area contributed by atoms with Gasteiger partial charge in [-0.1, -0.05) is 26.3 Å². The molecule has 0 aliphatic heterocycles. The zero-order chi connectivity index (χ0) is 23.7. The Bertz CT molecular complexity index is 436. The molecular weight excluding hydrogens is 376 g/mol. The third-order valence-corrected chi connectivity index (χ3v) is 1.65. The molecule has 6 N–H and O–H groups in total. The lowest BCUT2D eigenvalue weighted by Gasteiger charge is -1.85. The number of aliphatic hydroxyl groups is 2. The summed E-state index contributed by atoms with van der Waals surface area (Å²) in [5.41, 5.74) is 0.352. The third-order valence-electron chi connectivity index (χ3n) is 1.65. The molecule has 0 unspecified atom stereocenters. The first-order valence-corrected chi connectivity index (χ1v) is 7.44. The first-order valence-electron chi connectivity index (χ1n) is 7.44. The van der Waals surface area contributed by atoms with E-state index in [0.29, 0.717) is 0 Å². The van der Waals surface area contributed by atoms with E-state index in [1.54, 1.807) is 0 Å². The molecule has 10 nitrogen and oxygen atoms in total. The van der Waals surface area contributed by atoms with Crippen LogP contribution in [0.25, 0.3) is 0 Å². The maximum absolute atomic E-state index is 9.60. The molecule has 0 atom stereocenters. The monoisotopic (exact) mass is 406 g/mol. The zero-order valence-electron chi connectivity index (χ0n) is 16.1.